The first-order valence-corrected chi connectivity index (χ1v) is 8.42. The van der Waals surface area contributed by atoms with Crippen LogP contribution in [0.4, 0.5) is 0 Å². The molecule has 0 atom stereocenters. The third-order valence-corrected chi connectivity index (χ3v) is 4.52. The predicted octanol–water partition coefficient (Wildman–Crippen LogP) is 5.27. The summed E-state index contributed by atoms with van der Waals surface area (Å²) in [7, 11) is 0. The third kappa shape index (κ3) is 2.92. The van der Waals surface area contributed by atoms with Gasteiger partial charge in [-0.2, -0.15) is 0 Å². The van der Waals surface area contributed by atoms with Crippen LogP contribution < -0.4 is 5.63 Å². The predicted molar refractivity (Wildman–Crippen MR) is 102 cm³/mol. The Labute approximate surface area is 153 Å². The lowest BCUT2D eigenvalue weighted by Crippen LogP contribution is -2.02. The summed E-state index contributed by atoms with van der Waals surface area (Å²) in [5, 5.41) is 1.34. The van der Waals surface area contributed by atoms with E-state index in [-0.39, 0.29) is 0 Å². The summed E-state index contributed by atoms with van der Waals surface area (Å²) >= 11 is 11.4. The van der Waals surface area contributed by atoms with Crippen LogP contribution >= 0.6 is 23.8 Å². The van der Waals surface area contributed by atoms with Crippen molar-refractivity contribution in [2.45, 2.75) is 6.92 Å². The number of rotatable bonds is 2. The topological polar surface area (TPSA) is 50.9 Å². The van der Waals surface area contributed by atoms with E-state index in [1.54, 1.807) is 30.5 Å². The Morgan fingerprint density at radius 3 is 2.80 bits per heavy atom. The highest BCUT2D eigenvalue weighted by atomic mass is 35.5. The van der Waals surface area contributed by atoms with Gasteiger partial charge in [0.25, 0.3) is 0 Å². The molecule has 0 fully saturated rings. The number of halogens is 1. The number of aromatic amines is 1. The SMILES string of the molecule is Cc1cccc(-n2cc(-c3cc4cc(Cl)ccc4oc3=O)[nH]c2=S)c1. The van der Waals surface area contributed by atoms with Crippen LogP contribution in [0.15, 0.2) is 63.9 Å². The largest absolute Gasteiger partial charge is 0.422 e. The van der Waals surface area contributed by atoms with Crippen LogP contribution in [0.3, 0.4) is 0 Å². The first kappa shape index (κ1) is 15.9. The van der Waals surface area contributed by atoms with Crippen LogP contribution in [0.1, 0.15) is 5.56 Å². The van der Waals surface area contributed by atoms with Gasteiger partial charge in [0.2, 0.25) is 0 Å². The lowest BCUT2D eigenvalue weighted by Gasteiger charge is -2.03. The summed E-state index contributed by atoms with van der Waals surface area (Å²) in [5.41, 5.74) is 3.13. The maximum absolute atomic E-state index is 12.4. The number of nitrogens with one attached hydrogen (secondary N) is 1. The fourth-order valence-corrected chi connectivity index (χ4v) is 3.23. The molecule has 0 saturated heterocycles. The maximum atomic E-state index is 12.4. The minimum Gasteiger partial charge on any atom is -0.422 e. The Balaban J connectivity index is 1.90. The standard InChI is InChI=1S/C19H13ClN2O2S/c1-11-3-2-4-14(7-11)22-10-16(21-19(22)25)15-9-12-8-13(20)5-6-17(12)24-18(15)23/h2-10H,1H3,(H,21,25). The molecule has 25 heavy (non-hydrogen) atoms. The molecule has 2 heterocycles. The van der Waals surface area contributed by atoms with Crippen molar-refractivity contribution < 1.29 is 4.42 Å². The molecule has 0 bridgehead atoms. The van der Waals surface area contributed by atoms with Gasteiger partial charge in [-0.05, 0) is 61.1 Å². The van der Waals surface area contributed by atoms with Gasteiger partial charge in [-0.3, -0.25) is 4.57 Å². The van der Waals surface area contributed by atoms with E-state index in [1.807, 2.05) is 35.8 Å². The van der Waals surface area contributed by atoms with Crippen molar-refractivity contribution in [2.75, 3.05) is 0 Å². The maximum Gasteiger partial charge on any atom is 0.345 e. The van der Waals surface area contributed by atoms with Gasteiger partial charge in [0.05, 0.1) is 11.3 Å². The molecule has 4 rings (SSSR count). The normalized spacial score (nSPS) is 11.1. The molecule has 0 unspecified atom stereocenters. The van der Waals surface area contributed by atoms with E-state index in [1.165, 1.54) is 0 Å². The number of benzene rings is 2. The second-order valence-electron chi connectivity index (χ2n) is 5.81. The van der Waals surface area contributed by atoms with Gasteiger partial charge in [0.15, 0.2) is 4.77 Å². The second-order valence-corrected chi connectivity index (χ2v) is 6.63. The number of aromatic nitrogens is 2. The summed E-state index contributed by atoms with van der Waals surface area (Å²) < 4.78 is 7.74. The van der Waals surface area contributed by atoms with Crippen molar-refractivity contribution in [1.82, 2.24) is 9.55 Å². The molecule has 0 aliphatic carbocycles. The molecule has 0 radical (unpaired) electrons. The van der Waals surface area contributed by atoms with Crippen molar-refractivity contribution in [3.63, 3.8) is 0 Å². The summed E-state index contributed by atoms with van der Waals surface area (Å²) in [6, 6.07) is 14.9. The smallest absolute Gasteiger partial charge is 0.345 e. The van der Waals surface area contributed by atoms with Gasteiger partial charge in [-0.15, -0.1) is 0 Å². The van der Waals surface area contributed by atoms with E-state index in [2.05, 4.69) is 4.98 Å². The Morgan fingerprint density at radius 1 is 1.16 bits per heavy atom. The molecule has 2 aromatic heterocycles. The molecule has 2 aromatic carbocycles. The van der Waals surface area contributed by atoms with Crippen molar-refractivity contribution in [3.8, 4) is 16.9 Å². The highest BCUT2D eigenvalue weighted by Crippen LogP contribution is 2.24. The number of aryl methyl sites for hydroxylation is 1. The monoisotopic (exact) mass is 368 g/mol. The van der Waals surface area contributed by atoms with E-state index >= 15 is 0 Å². The number of hydrogen-bond donors (Lipinski definition) is 1. The lowest BCUT2D eigenvalue weighted by molar-refractivity contribution is 0.563. The van der Waals surface area contributed by atoms with Gasteiger partial charge in [-0.25, -0.2) is 4.79 Å². The van der Waals surface area contributed by atoms with Gasteiger partial charge in [0.1, 0.15) is 5.58 Å². The van der Waals surface area contributed by atoms with Gasteiger partial charge in [0, 0.05) is 22.3 Å². The van der Waals surface area contributed by atoms with Gasteiger partial charge >= 0.3 is 5.63 Å². The van der Waals surface area contributed by atoms with E-state index in [9.17, 15) is 4.79 Å². The molecule has 0 amide bonds. The molecular weight excluding hydrogens is 356 g/mol. The molecular formula is C19H13ClN2O2S. The zero-order valence-electron chi connectivity index (χ0n) is 13.2. The van der Waals surface area contributed by atoms with Crippen molar-refractivity contribution in [2.24, 2.45) is 0 Å². The Bertz CT molecular complexity index is 1220. The van der Waals surface area contributed by atoms with Crippen LogP contribution in [0.2, 0.25) is 5.02 Å². The Kier molecular flexibility index (Phi) is 3.82. The van der Waals surface area contributed by atoms with Crippen LogP contribution in [-0.4, -0.2) is 9.55 Å². The van der Waals surface area contributed by atoms with Crippen LogP contribution in [0, 0.1) is 11.7 Å². The highest BCUT2D eigenvalue weighted by molar-refractivity contribution is 7.71. The average Bonchev–Trinajstić information content (AvgIpc) is 2.96. The molecule has 1 N–H and O–H groups in total. The summed E-state index contributed by atoms with van der Waals surface area (Å²) in [6.45, 7) is 2.02. The number of hydrogen-bond acceptors (Lipinski definition) is 3. The fourth-order valence-electron chi connectivity index (χ4n) is 2.78. The van der Waals surface area contributed by atoms with Gasteiger partial charge < -0.3 is 9.40 Å². The first-order valence-electron chi connectivity index (χ1n) is 7.64. The summed E-state index contributed by atoms with van der Waals surface area (Å²) in [4.78, 5) is 15.5. The van der Waals surface area contributed by atoms with Crippen LogP contribution in [0.5, 0.6) is 0 Å². The van der Waals surface area contributed by atoms with E-state index in [0.29, 0.717) is 26.6 Å². The fraction of sp³-hybridized carbons (Fsp3) is 0.0526. The minimum absolute atomic E-state index is 0.410. The molecule has 124 valence electrons. The quantitative estimate of drug-likeness (QED) is 0.387. The van der Waals surface area contributed by atoms with E-state index in [4.69, 9.17) is 28.2 Å². The van der Waals surface area contributed by atoms with Crippen LogP contribution in [0.25, 0.3) is 27.9 Å². The molecule has 6 heteroatoms. The zero-order valence-corrected chi connectivity index (χ0v) is 14.8. The molecule has 0 saturated carbocycles. The molecule has 4 nitrogen and oxygen atoms in total. The van der Waals surface area contributed by atoms with E-state index in [0.717, 1.165) is 16.6 Å². The van der Waals surface area contributed by atoms with Crippen molar-refractivity contribution in [1.29, 1.82) is 0 Å². The first-order chi connectivity index (χ1) is 12.0. The Hall–Kier alpha value is -2.63. The summed E-state index contributed by atoms with van der Waals surface area (Å²) in [5.74, 6) is 0. The molecule has 0 aliphatic rings. The molecule has 0 spiro atoms. The number of H-pyrrole nitrogens is 1. The average molecular weight is 369 g/mol. The number of fused-ring (bicyclic) bond motifs is 1. The summed E-state index contributed by atoms with van der Waals surface area (Å²) in [6.07, 6.45) is 1.81. The third-order valence-electron chi connectivity index (χ3n) is 3.98. The molecule has 4 aromatic rings. The van der Waals surface area contributed by atoms with Gasteiger partial charge in [-0.1, -0.05) is 23.7 Å². The lowest BCUT2D eigenvalue weighted by atomic mass is 10.1. The number of nitrogens with zero attached hydrogens (tertiary/aromatic N) is 1. The highest BCUT2D eigenvalue weighted by Gasteiger charge is 2.12. The van der Waals surface area contributed by atoms with Crippen LogP contribution in [-0.2, 0) is 0 Å². The van der Waals surface area contributed by atoms with Crippen molar-refractivity contribution in [3.05, 3.63) is 80.5 Å². The Morgan fingerprint density at radius 2 is 2.00 bits per heavy atom. The molecule has 0 aliphatic heterocycles. The second kappa shape index (κ2) is 6.02. The number of imidazole rings is 1. The minimum atomic E-state index is -0.428. The van der Waals surface area contributed by atoms with E-state index < -0.39 is 5.63 Å². The zero-order chi connectivity index (χ0) is 17.6. The van der Waals surface area contributed by atoms with Crippen molar-refractivity contribution >= 4 is 34.8 Å².